The van der Waals surface area contributed by atoms with E-state index in [9.17, 15) is 4.79 Å². The fraction of sp³-hybridized carbons (Fsp3) is 0.167. The molecule has 0 saturated carbocycles. The first-order valence-corrected chi connectivity index (χ1v) is 8.65. The zero-order valence-corrected chi connectivity index (χ0v) is 15.6. The zero-order chi connectivity index (χ0) is 18.5. The maximum absolute atomic E-state index is 12.5. The van der Waals surface area contributed by atoms with Gasteiger partial charge >= 0.3 is 0 Å². The van der Waals surface area contributed by atoms with Gasteiger partial charge in [0.1, 0.15) is 12.7 Å². The number of hydrogen-bond acceptors (Lipinski definition) is 4. The highest BCUT2D eigenvalue weighted by atomic mass is 35.5. The SMILES string of the molecule is CN(CC(=O)Nc1cc(Cl)ccc1-n1cncn1)Cc1ccccc1Cl. The Balaban J connectivity index is 1.68. The molecule has 26 heavy (non-hydrogen) atoms. The molecule has 134 valence electrons. The lowest BCUT2D eigenvalue weighted by atomic mass is 10.2. The van der Waals surface area contributed by atoms with Gasteiger partial charge in [-0.1, -0.05) is 41.4 Å². The fourth-order valence-corrected chi connectivity index (χ4v) is 2.92. The van der Waals surface area contributed by atoms with Gasteiger partial charge in [0.05, 0.1) is 17.9 Å². The van der Waals surface area contributed by atoms with Crippen molar-refractivity contribution in [3.8, 4) is 5.69 Å². The summed E-state index contributed by atoms with van der Waals surface area (Å²) in [6.45, 7) is 0.771. The van der Waals surface area contributed by atoms with Crippen LogP contribution in [0.1, 0.15) is 5.56 Å². The van der Waals surface area contributed by atoms with Gasteiger partial charge < -0.3 is 5.32 Å². The number of rotatable bonds is 6. The molecule has 2 aromatic carbocycles. The van der Waals surface area contributed by atoms with Gasteiger partial charge in [-0.25, -0.2) is 9.67 Å². The summed E-state index contributed by atoms with van der Waals surface area (Å²) < 4.78 is 1.57. The second kappa shape index (κ2) is 8.31. The van der Waals surface area contributed by atoms with Crippen LogP contribution in [-0.4, -0.2) is 39.2 Å². The first kappa shape index (κ1) is 18.4. The van der Waals surface area contributed by atoms with Crippen LogP contribution in [0.4, 0.5) is 5.69 Å². The van der Waals surface area contributed by atoms with E-state index in [0.717, 1.165) is 5.56 Å². The van der Waals surface area contributed by atoms with Crippen LogP contribution in [0.15, 0.2) is 55.1 Å². The number of nitrogens with zero attached hydrogens (tertiary/aromatic N) is 4. The Morgan fingerprint density at radius 3 is 2.77 bits per heavy atom. The molecular formula is C18H17Cl2N5O. The van der Waals surface area contributed by atoms with Gasteiger partial charge in [0.25, 0.3) is 0 Å². The van der Waals surface area contributed by atoms with E-state index in [-0.39, 0.29) is 12.5 Å². The van der Waals surface area contributed by atoms with Crippen LogP contribution in [0.25, 0.3) is 5.69 Å². The molecular weight excluding hydrogens is 373 g/mol. The van der Waals surface area contributed by atoms with E-state index in [2.05, 4.69) is 15.4 Å². The summed E-state index contributed by atoms with van der Waals surface area (Å²) in [6.07, 6.45) is 2.99. The van der Waals surface area contributed by atoms with Crippen LogP contribution in [0.5, 0.6) is 0 Å². The number of amides is 1. The van der Waals surface area contributed by atoms with Gasteiger partial charge in [-0.3, -0.25) is 9.69 Å². The van der Waals surface area contributed by atoms with Crippen molar-refractivity contribution in [2.45, 2.75) is 6.54 Å². The predicted molar refractivity (Wildman–Crippen MR) is 103 cm³/mol. The van der Waals surface area contributed by atoms with Crippen molar-refractivity contribution >= 4 is 34.8 Å². The normalized spacial score (nSPS) is 10.9. The molecule has 0 saturated heterocycles. The standard InChI is InChI=1S/C18H17Cl2N5O/c1-24(9-13-4-2-3-5-15(13)20)10-18(26)23-16-8-14(19)6-7-17(16)25-12-21-11-22-25/h2-8,11-12H,9-10H2,1H3,(H,23,26). The number of aromatic nitrogens is 3. The molecule has 1 aromatic heterocycles. The third-order valence-corrected chi connectivity index (χ3v) is 4.31. The van der Waals surface area contributed by atoms with Crippen molar-refractivity contribution in [2.24, 2.45) is 0 Å². The molecule has 0 aliphatic rings. The first-order valence-electron chi connectivity index (χ1n) is 7.89. The van der Waals surface area contributed by atoms with E-state index in [0.29, 0.717) is 28.0 Å². The molecule has 6 nitrogen and oxygen atoms in total. The summed E-state index contributed by atoms with van der Waals surface area (Å²) in [4.78, 5) is 18.3. The van der Waals surface area contributed by atoms with Crippen LogP contribution < -0.4 is 5.32 Å². The number of carbonyl (C=O) groups excluding carboxylic acids is 1. The molecule has 1 N–H and O–H groups in total. The minimum absolute atomic E-state index is 0.164. The van der Waals surface area contributed by atoms with Crippen LogP contribution in [0.2, 0.25) is 10.0 Å². The number of hydrogen-bond donors (Lipinski definition) is 1. The highest BCUT2D eigenvalue weighted by Gasteiger charge is 2.13. The second-order valence-corrected chi connectivity index (χ2v) is 6.66. The monoisotopic (exact) mass is 389 g/mol. The molecule has 1 heterocycles. The first-order chi connectivity index (χ1) is 12.5. The highest BCUT2D eigenvalue weighted by molar-refractivity contribution is 6.31. The number of carbonyl (C=O) groups is 1. The van der Waals surface area contributed by atoms with E-state index in [1.165, 1.54) is 6.33 Å². The van der Waals surface area contributed by atoms with Gasteiger partial charge in [0, 0.05) is 16.6 Å². The summed E-state index contributed by atoms with van der Waals surface area (Å²) >= 11 is 12.2. The lowest BCUT2D eigenvalue weighted by Gasteiger charge is -2.18. The molecule has 0 bridgehead atoms. The number of likely N-dealkylation sites (N-methyl/N-ethyl adjacent to an activating group) is 1. The van der Waals surface area contributed by atoms with E-state index >= 15 is 0 Å². The van der Waals surface area contributed by atoms with Gasteiger partial charge in [-0.2, -0.15) is 5.10 Å². The Labute approximate surface area is 161 Å². The summed E-state index contributed by atoms with van der Waals surface area (Å²) in [5.41, 5.74) is 2.23. The van der Waals surface area contributed by atoms with E-state index in [1.54, 1.807) is 29.2 Å². The van der Waals surface area contributed by atoms with Crippen molar-refractivity contribution in [1.82, 2.24) is 19.7 Å². The molecule has 0 aliphatic heterocycles. The van der Waals surface area contributed by atoms with Crippen molar-refractivity contribution < 1.29 is 4.79 Å². The maximum atomic E-state index is 12.5. The van der Waals surface area contributed by atoms with Crippen molar-refractivity contribution in [2.75, 3.05) is 18.9 Å². The van der Waals surface area contributed by atoms with Crippen LogP contribution in [-0.2, 0) is 11.3 Å². The van der Waals surface area contributed by atoms with E-state index in [4.69, 9.17) is 23.2 Å². The Morgan fingerprint density at radius 1 is 1.23 bits per heavy atom. The predicted octanol–water partition coefficient (Wildman–Crippen LogP) is 3.64. The lowest BCUT2D eigenvalue weighted by molar-refractivity contribution is -0.117. The largest absolute Gasteiger partial charge is 0.323 e. The average molecular weight is 390 g/mol. The van der Waals surface area contributed by atoms with Gasteiger partial charge in [0.2, 0.25) is 5.91 Å². The summed E-state index contributed by atoms with van der Waals surface area (Å²) in [7, 11) is 1.86. The van der Waals surface area contributed by atoms with Crippen molar-refractivity contribution in [3.05, 3.63) is 70.7 Å². The zero-order valence-electron chi connectivity index (χ0n) is 14.1. The lowest BCUT2D eigenvalue weighted by Crippen LogP contribution is -2.30. The summed E-state index contributed by atoms with van der Waals surface area (Å²) in [5, 5.41) is 8.19. The molecule has 0 fully saturated rings. The number of anilines is 1. The highest BCUT2D eigenvalue weighted by Crippen LogP contribution is 2.24. The Kier molecular flexibility index (Phi) is 5.88. The number of halogens is 2. The topological polar surface area (TPSA) is 63.1 Å². The van der Waals surface area contributed by atoms with Gasteiger partial charge in [-0.15, -0.1) is 0 Å². The fourth-order valence-electron chi connectivity index (χ4n) is 2.55. The Morgan fingerprint density at radius 2 is 2.04 bits per heavy atom. The smallest absolute Gasteiger partial charge is 0.238 e. The van der Waals surface area contributed by atoms with Crippen LogP contribution >= 0.6 is 23.2 Å². The Hall–Kier alpha value is -2.41. The molecule has 0 aliphatic carbocycles. The minimum Gasteiger partial charge on any atom is -0.323 e. The molecule has 0 spiro atoms. The van der Waals surface area contributed by atoms with E-state index in [1.807, 2.05) is 36.2 Å². The number of nitrogens with one attached hydrogen (secondary N) is 1. The molecule has 0 atom stereocenters. The third kappa shape index (κ3) is 4.60. The van der Waals surface area contributed by atoms with Gasteiger partial charge in [-0.05, 0) is 36.9 Å². The quantitative estimate of drug-likeness (QED) is 0.698. The molecule has 1 amide bonds. The van der Waals surface area contributed by atoms with Crippen LogP contribution in [0.3, 0.4) is 0 Å². The summed E-state index contributed by atoms with van der Waals surface area (Å²) in [5.74, 6) is -0.164. The maximum Gasteiger partial charge on any atom is 0.238 e. The second-order valence-electron chi connectivity index (χ2n) is 5.81. The third-order valence-electron chi connectivity index (χ3n) is 3.71. The minimum atomic E-state index is -0.164. The molecule has 8 heteroatoms. The molecule has 0 radical (unpaired) electrons. The van der Waals surface area contributed by atoms with Crippen LogP contribution in [0, 0.1) is 0 Å². The number of benzene rings is 2. The van der Waals surface area contributed by atoms with Crippen molar-refractivity contribution in [1.29, 1.82) is 0 Å². The summed E-state index contributed by atoms with van der Waals surface area (Å²) in [6, 6.07) is 12.8. The molecule has 0 unspecified atom stereocenters. The molecule has 3 aromatic rings. The average Bonchev–Trinajstić information content (AvgIpc) is 3.11. The molecule has 3 rings (SSSR count). The van der Waals surface area contributed by atoms with Crippen molar-refractivity contribution in [3.63, 3.8) is 0 Å². The van der Waals surface area contributed by atoms with Gasteiger partial charge in [0.15, 0.2) is 0 Å². The van der Waals surface area contributed by atoms with E-state index < -0.39 is 0 Å². The Bertz CT molecular complexity index is 898.